The van der Waals surface area contributed by atoms with Crippen LogP contribution in [0.25, 0.3) is 0 Å². The quantitative estimate of drug-likeness (QED) is 0.550. The zero-order valence-corrected chi connectivity index (χ0v) is 13.5. The van der Waals surface area contributed by atoms with Gasteiger partial charge in [-0.3, -0.25) is 9.89 Å². The van der Waals surface area contributed by atoms with Crippen LogP contribution < -0.4 is 10.6 Å². The lowest BCUT2D eigenvalue weighted by atomic mass is 10.1. The molecular weight excluding hydrogens is 297 g/mol. The Labute approximate surface area is 130 Å². The van der Waals surface area contributed by atoms with E-state index in [4.69, 9.17) is 4.74 Å². The summed E-state index contributed by atoms with van der Waals surface area (Å²) in [6.07, 6.45) is -3.36. The summed E-state index contributed by atoms with van der Waals surface area (Å²) in [5.41, 5.74) is 0. The van der Waals surface area contributed by atoms with Crippen LogP contribution in [0.2, 0.25) is 0 Å². The van der Waals surface area contributed by atoms with Crippen molar-refractivity contribution < 1.29 is 17.9 Å². The maximum atomic E-state index is 12.4. The van der Waals surface area contributed by atoms with E-state index < -0.39 is 12.7 Å². The highest BCUT2D eigenvalue weighted by Gasteiger charge is 2.34. The molecule has 0 amide bonds. The van der Waals surface area contributed by atoms with Gasteiger partial charge in [0.1, 0.15) is 0 Å². The molecule has 0 saturated carbocycles. The SMILES string of the molecule is CCNC(=NCC1CCN(CC(F)(F)F)C1)NC(C)COC. The van der Waals surface area contributed by atoms with E-state index in [0.717, 1.165) is 13.0 Å². The highest BCUT2D eigenvalue weighted by atomic mass is 19.4. The first kappa shape index (κ1) is 19.0. The Bertz CT molecular complexity index is 349. The fourth-order valence-corrected chi connectivity index (χ4v) is 2.52. The molecule has 0 aromatic carbocycles. The van der Waals surface area contributed by atoms with E-state index in [2.05, 4.69) is 15.6 Å². The summed E-state index contributed by atoms with van der Waals surface area (Å²) in [7, 11) is 1.63. The van der Waals surface area contributed by atoms with Crippen molar-refractivity contribution in [1.29, 1.82) is 0 Å². The molecule has 1 saturated heterocycles. The number of methoxy groups -OCH3 is 1. The molecule has 0 bridgehead atoms. The van der Waals surface area contributed by atoms with Crippen molar-refractivity contribution in [2.75, 3.05) is 46.4 Å². The number of guanidine groups is 1. The monoisotopic (exact) mass is 324 g/mol. The van der Waals surface area contributed by atoms with Crippen LogP contribution in [0.3, 0.4) is 0 Å². The van der Waals surface area contributed by atoms with Crippen LogP contribution in [0.4, 0.5) is 13.2 Å². The molecule has 0 aromatic rings. The number of rotatable bonds is 7. The number of ether oxygens (including phenoxy) is 1. The summed E-state index contributed by atoms with van der Waals surface area (Å²) in [5.74, 6) is 0.858. The lowest BCUT2D eigenvalue weighted by molar-refractivity contribution is -0.143. The molecule has 1 heterocycles. The van der Waals surface area contributed by atoms with Crippen molar-refractivity contribution in [2.24, 2.45) is 10.9 Å². The normalized spacial score (nSPS) is 21.9. The first-order chi connectivity index (χ1) is 10.3. The number of hydrogen-bond acceptors (Lipinski definition) is 3. The van der Waals surface area contributed by atoms with Gasteiger partial charge in [0.15, 0.2) is 5.96 Å². The second-order valence-electron chi connectivity index (χ2n) is 5.73. The summed E-state index contributed by atoms with van der Waals surface area (Å²) < 4.78 is 42.2. The van der Waals surface area contributed by atoms with Gasteiger partial charge in [-0.25, -0.2) is 0 Å². The summed E-state index contributed by atoms with van der Waals surface area (Å²) in [6, 6.07) is 0.119. The molecule has 1 rings (SSSR count). The van der Waals surface area contributed by atoms with Crippen LogP contribution in [-0.2, 0) is 4.74 Å². The number of likely N-dealkylation sites (tertiary alicyclic amines) is 1. The molecule has 2 N–H and O–H groups in total. The molecule has 22 heavy (non-hydrogen) atoms. The summed E-state index contributed by atoms with van der Waals surface area (Å²) in [4.78, 5) is 5.93. The van der Waals surface area contributed by atoms with Gasteiger partial charge in [0, 0.05) is 32.8 Å². The predicted octanol–water partition coefficient (Wildman–Crippen LogP) is 1.46. The van der Waals surface area contributed by atoms with Crippen molar-refractivity contribution in [3.8, 4) is 0 Å². The second-order valence-corrected chi connectivity index (χ2v) is 5.73. The number of nitrogens with one attached hydrogen (secondary N) is 2. The lowest BCUT2D eigenvalue weighted by Crippen LogP contribution is -2.44. The molecule has 5 nitrogen and oxygen atoms in total. The predicted molar refractivity (Wildman–Crippen MR) is 81.1 cm³/mol. The maximum Gasteiger partial charge on any atom is 0.401 e. The van der Waals surface area contributed by atoms with Crippen molar-refractivity contribution in [3.05, 3.63) is 0 Å². The number of alkyl halides is 3. The van der Waals surface area contributed by atoms with E-state index in [1.807, 2.05) is 13.8 Å². The largest absolute Gasteiger partial charge is 0.401 e. The molecule has 130 valence electrons. The molecule has 1 aliphatic heterocycles. The molecule has 0 aliphatic carbocycles. The first-order valence-electron chi connectivity index (χ1n) is 7.67. The fraction of sp³-hybridized carbons (Fsp3) is 0.929. The highest BCUT2D eigenvalue weighted by Crippen LogP contribution is 2.22. The molecule has 2 unspecified atom stereocenters. The molecular formula is C14H27F3N4O. The van der Waals surface area contributed by atoms with Crippen LogP contribution in [0.15, 0.2) is 4.99 Å². The number of aliphatic imine (C=N–C) groups is 1. The van der Waals surface area contributed by atoms with Gasteiger partial charge in [0.25, 0.3) is 0 Å². The minimum Gasteiger partial charge on any atom is -0.383 e. The van der Waals surface area contributed by atoms with Gasteiger partial charge in [-0.1, -0.05) is 0 Å². The van der Waals surface area contributed by atoms with Gasteiger partial charge in [0.05, 0.1) is 13.2 Å². The van der Waals surface area contributed by atoms with Crippen LogP contribution in [0.1, 0.15) is 20.3 Å². The zero-order chi connectivity index (χ0) is 16.6. The molecule has 0 radical (unpaired) electrons. The van der Waals surface area contributed by atoms with Crippen molar-refractivity contribution in [1.82, 2.24) is 15.5 Å². The van der Waals surface area contributed by atoms with Crippen LogP contribution >= 0.6 is 0 Å². The Morgan fingerprint density at radius 2 is 2.18 bits per heavy atom. The van der Waals surface area contributed by atoms with Crippen molar-refractivity contribution >= 4 is 5.96 Å². The Hall–Kier alpha value is -1.02. The van der Waals surface area contributed by atoms with Gasteiger partial charge in [-0.05, 0) is 32.7 Å². The van der Waals surface area contributed by atoms with Crippen LogP contribution in [0, 0.1) is 5.92 Å². The Kier molecular flexibility index (Phi) is 7.95. The smallest absolute Gasteiger partial charge is 0.383 e. The average Bonchev–Trinajstić information content (AvgIpc) is 2.82. The van der Waals surface area contributed by atoms with Crippen LogP contribution in [0.5, 0.6) is 0 Å². The fourth-order valence-electron chi connectivity index (χ4n) is 2.52. The Balaban J connectivity index is 2.43. The minimum atomic E-state index is -4.12. The topological polar surface area (TPSA) is 48.9 Å². The Morgan fingerprint density at radius 3 is 2.77 bits per heavy atom. The van der Waals surface area contributed by atoms with E-state index in [9.17, 15) is 13.2 Å². The van der Waals surface area contributed by atoms with E-state index >= 15 is 0 Å². The first-order valence-corrected chi connectivity index (χ1v) is 7.67. The van der Waals surface area contributed by atoms with Gasteiger partial charge in [-0.15, -0.1) is 0 Å². The molecule has 2 atom stereocenters. The van der Waals surface area contributed by atoms with Gasteiger partial charge in [0.2, 0.25) is 0 Å². The van der Waals surface area contributed by atoms with Gasteiger partial charge < -0.3 is 15.4 Å². The highest BCUT2D eigenvalue weighted by molar-refractivity contribution is 5.80. The Morgan fingerprint density at radius 1 is 1.45 bits per heavy atom. The molecule has 0 spiro atoms. The zero-order valence-electron chi connectivity index (χ0n) is 13.5. The minimum absolute atomic E-state index is 0.119. The van der Waals surface area contributed by atoms with E-state index in [1.165, 1.54) is 4.90 Å². The number of nitrogens with zero attached hydrogens (tertiary/aromatic N) is 2. The molecule has 8 heteroatoms. The third kappa shape index (κ3) is 7.84. The lowest BCUT2D eigenvalue weighted by Gasteiger charge is -2.18. The van der Waals surface area contributed by atoms with E-state index in [0.29, 0.717) is 32.2 Å². The van der Waals surface area contributed by atoms with E-state index in [-0.39, 0.29) is 12.0 Å². The molecule has 1 fully saturated rings. The summed E-state index contributed by atoms with van der Waals surface area (Å²) in [5, 5.41) is 6.35. The van der Waals surface area contributed by atoms with E-state index in [1.54, 1.807) is 7.11 Å². The summed E-state index contributed by atoms with van der Waals surface area (Å²) >= 11 is 0. The molecule has 0 aromatic heterocycles. The third-order valence-electron chi connectivity index (χ3n) is 3.42. The van der Waals surface area contributed by atoms with Crippen LogP contribution in [-0.4, -0.2) is 69.5 Å². The van der Waals surface area contributed by atoms with Crippen molar-refractivity contribution in [3.63, 3.8) is 0 Å². The number of hydrogen-bond donors (Lipinski definition) is 2. The van der Waals surface area contributed by atoms with Gasteiger partial charge in [-0.2, -0.15) is 13.2 Å². The third-order valence-corrected chi connectivity index (χ3v) is 3.42. The van der Waals surface area contributed by atoms with Gasteiger partial charge >= 0.3 is 6.18 Å². The molecule has 1 aliphatic rings. The van der Waals surface area contributed by atoms with Crippen molar-refractivity contribution in [2.45, 2.75) is 32.5 Å². The second kappa shape index (κ2) is 9.19. The maximum absolute atomic E-state index is 12.4. The number of halogens is 3. The standard InChI is InChI=1S/C14H27F3N4O/c1-4-18-13(20-11(2)9-22-3)19-7-12-5-6-21(8-12)10-14(15,16)17/h11-12H,4-10H2,1-3H3,(H2,18,19,20). The average molecular weight is 324 g/mol. The summed E-state index contributed by atoms with van der Waals surface area (Å²) in [6.45, 7) is 5.90.